The van der Waals surface area contributed by atoms with Crippen LogP contribution >= 0.6 is 11.5 Å². The summed E-state index contributed by atoms with van der Waals surface area (Å²) in [7, 11) is 0. The van der Waals surface area contributed by atoms with Crippen molar-refractivity contribution < 1.29 is 4.39 Å². The summed E-state index contributed by atoms with van der Waals surface area (Å²) in [5.41, 5.74) is 6.19. The summed E-state index contributed by atoms with van der Waals surface area (Å²) in [5.74, 6) is -0.00874. The highest BCUT2D eigenvalue weighted by Crippen LogP contribution is 2.21. The van der Waals surface area contributed by atoms with Crippen molar-refractivity contribution in [2.75, 3.05) is 5.73 Å². The molecule has 1 aromatic heterocycles. The van der Waals surface area contributed by atoms with Crippen molar-refractivity contribution in [1.82, 2.24) is 9.36 Å². The summed E-state index contributed by atoms with van der Waals surface area (Å²) >= 11 is 1.20. The van der Waals surface area contributed by atoms with E-state index in [1.54, 1.807) is 12.1 Å². The average Bonchev–Trinajstić information content (AvgIpc) is 2.53. The van der Waals surface area contributed by atoms with Gasteiger partial charge in [0, 0.05) is 5.56 Å². The van der Waals surface area contributed by atoms with Crippen molar-refractivity contribution in [3.8, 4) is 10.6 Å². The van der Waals surface area contributed by atoms with Crippen LogP contribution in [0.2, 0.25) is 0 Å². The van der Waals surface area contributed by atoms with Crippen LogP contribution in [0.1, 0.15) is 0 Å². The lowest BCUT2D eigenvalue weighted by atomic mass is 10.2. The number of rotatable bonds is 1. The third-order valence-electron chi connectivity index (χ3n) is 1.53. The van der Waals surface area contributed by atoms with Crippen LogP contribution in [0, 0.1) is 5.82 Å². The van der Waals surface area contributed by atoms with Gasteiger partial charge in [0.2, 0.25) is 5.95 Å². The molecule has 0 unspecified atom stereocenters. The van der Waals surface area contributed by atoms with Gasteiger partial charge in [0.25, 0.3) is 0 Å². The minimum absolute atomic E-state index is 0.254. The molecule has 1 heterocycles. The molecule has 1 aromatic carbocycles. The van der Waals surface area contributed by atoms with Gasteiger partial charge in [0.1, 0.15) is 10.8 Å². The highest BCUT2D eigenvalue weighted by molar-refractivity contribution is 7.09. The van der Waals surface area contributed by atoms with Gasteiger partial charge in [-0.2, -0.15) is 9.36 Å². The molecule has 5 heteroatoms. The lowest BCUT2D eigenvalue weighted by Crippen LogP contribution is -1.85. The Hall–Kier alpha value is -1.49. The standard InChI is InChI=1S/C8H6FN3S/c9-6-3-1-5(2-4-6)7-11-8(10)12-13-7/h1-4H,(H2,10,12). The van der Waals surface area contributed by atoms with E-state index in [-0.39, 0.29) is 11.8 Å². The Bertz CT molecular complexity index is 410. The first-order valence-electron chi connectivity index (χ1n) is 3.61. The number of benzene rings is 1. The third-order valence-corrected chi connectivity index (χ3v) is 2.31. The summed E-state index contributed by atoms with van der Waals surface area (Å²) < 4.78 is 16.4. The van der Waals surface area contributed by atoms with E-state index < -0.39 is 0 Å². The first-order valence-corrected chi connectivity index (χ1v) is 4.38. The molecular formula is C8H6FN3S. The Morgan fingerprint density at radius 3 is 2.46 bits per heavy atom. The highest BCUT2D eigenvalue weighted by atomic mass is 32.1. The second-order valence-corrected chi connectivity index (χ2v) is 3.22. The smallest absolute Gasteiger partial charge is 0.232 e. The molecule has 0 aliphatic carbocycles. The van der Waals surface area contributed by atoms with E-state index in [4.69, 9.17) is 5.73 Å². The molecule has 0 fully saturated rings. The van der Waals surface area contributed by atoms with Gasteiger partial charge in [-0.05, 0) is 35.8 Å². The molecule has 0 spiro atoms. The molecule has 66 valence electrons. The predicted molar refractivity (Wildman–Crippen MR) is 49.7 cm³/mol. The van der Waals surface area contributed by atoms with Crippen LogP contribution in [0.5, 0.6) is 0 Å². The number of nitrogens with zero attached hydrogens (tertiary/aromatic N) is 2. The van der Waals surface area contributed by atoms with Crippen molar-refractivity contribution in [3.63, 3.8) is 0 Å². The van der Waals surface area contributed by atoms with Gasteiger partial charge < -0.3 is 5.73 Å². The van der Waals surface area contributed by atoms with E-state index in [1.807, 2.05) is 0 Å². The first kappa shape index (κ1) is 8.12. The predicted octanol–water partition coefficient (Wildman–Crippen LogP) is 1.93. The monoisotopic (exact) mass is 195 g/mol. The molecular weight excluding hydrogens is 189 g/mol. The van der Waals surface area contributed by atoms with Crippen LogP contribution in [-0.2, 0) is 0 Å². The van der Waals surface area contributed by atoms with Crippen LogP contribution in [0.25, 0.3) is 10.6 Å². The average molecular weight is 195 g/mol. The molecule has 0 amide bonds. The van der Waals surface area contributed by atoms with Crippen molar-refractivity contribution in [2.45, 2.75) is 0 Å². The topological polar surface area (TPSA) is 51.8 Å². The summed E-state index contributed by atoms with van der Waals surface area (Å²) in [6.45, 7) is 0. The Balaban J connectivity index is 2.41. The molecule has 13 heavy (non-hydrogen) atoms. The van der Waals surface area contributed by atoms with Crippen LogP contribution in [0.15, 0.2) is 24.3 Å². The lowest BCUT2D eigenvalue weighted by molar-refractivity contribution is 0.628. The maximum Gasteiger partial charge on any atom is 0.232 e. The first-order chi connectivity index (χ1) is 6.25. The Kier molecular flexibility index (Phi) is 1.94. The van der Waals surface area contributed by atoms with Crippen LogP contribution in [0.4, 0.5) is 10.3 Å². The van der Waals surface area contributed by atoms with Crippen LogP contribution < -0.4 is 5.73 Å². The van der Waals surface area contributed by atoms with E-state index in [0.717, 1.165) is 5.56 Å². The van der Waals surface area contributed by atoms with Gasteiger partial charge in [0.15, 0.2) is 0 Å². The molecule has 3 nitrogen and oxygen atoms in total. The van der Waals surface area contributed by atoms with Crippen LogP contribution in [0.3, 0.4) is 0 Å². The van der Waals surface area contributed by atoms with Crippen molar-refractivity contribution in [2.24, 2.45) is 0 Å². The molecule has 0 aliphatic heterocycles. The highest BCUT2D eigenvalue weighted by Gasteiger charge is 2.03. The number of anilines is 1. The Morgan fingerprint density at radius 2 is 1.92 bits per heavy atom. The molecule has 2 aromatic rings. The summed E-state index contributed by atoms with van der Waals surface area (Å²) in [6.07, 6.45) is 0. The van der Waals surface area contributed by atoms with Gasteiger partial charge in [-0.25, -0.2) is 4.39 Å². The van der Waals surface area contributed by atoms with Gasteiger partial charge in [-0.1, -0.05) is 0 Å². The van der Waals surface area contributed by atoms with Gasteiger partial charge in [-0.15, -0.1) is 0 Å². The Morgan fingerprint density at radius 1 is 1.23 bits per heavy atom. The molecule has 2 rings (SSSR count). The fourth-order valence-electron chi connectivity index (χ4n) is 0.945. The number of hydrogen-bond acceptors (Lipinski definition) is 4. The molecule has 0 radical (unpaired) electrons. The fourth-order valence-corrected chi connectivity index (χ4v) is 1.54. The van der Waals surface area contributed by atoms with Gasteiger partial charge >= 0.3 is 0 Å². The number of hydrogen-bond donors (Lipinski definition) is 1. The largest absolute Gasteiger partial charge is 0.367 e. The minimum atomic E-state index is -0.263. The second-order valence-electron chi connectivity index (χ2n) is 2.46. The normalized spacial score (nSPS) is 10.2. The maximum atomic E-state index is 12.6. The number of nitrogen functional groups attached to an aromatic ring is 1. The van der Waals surface area contributed by atoms with E-state index >= 15 is 0 Å². The van der Waals surface area contributed by atoms with E-state index in [9.17, 15) is 4.39 Å². The zero-order valence-electron chi connectivity index (χ0n) is 6.57. The third kappa shape index (κ3) is 1.65. The van der Waals surface area contributed by atoms with E-state index in [0.29, 0.717) is 5.01 Å². The molecule has 0 aliphatic rings. The zero-order chi connectivity index (χ0) is 9.26. The van der Waals surface area contributed by atoms with Crippen LogP contribution in [-0.4, -0.2) is 9.36 Å². The summed E-state index contributed by atoms with van der Waals surface area (Å²) in [5, 5.41) is 0.706. The quantitative estimate of drug-likeness (QED) is 0.756. The summed E-state index contributed by atoms with van der Waals surface area (Å²) in [4.78, 5) is 3.97. The van der Waals surface area contributed by atoms with Gasteiger partial charge in [0.05, 0.1) is 0 Å². The van der Waals surface area contributed by atoms with Crippen molar-refractivity contribution in [1.29, 1.82) is 0 Å². The molecule has 0 saturated heterocycles. The zero-order valence-corrected chi connectivity index (χ0v) is 7.38. The molecule has 2 N–H and O–H groups in total. The molecule has 0 bridgehead atoms. The number of aromatic nitrogens is 2. The van der Waals surface area contributed by atoms with Crippen molar-refractivity contribution >= 4 is 17.5 Å². The fraction of sp³-hybridized carbons (Fsp3) is 0. The number of nitrogens with two attached hydrogens (primary N) is 1. The lowest BCUT2D eigenvalue weighted by Gasteiger charge is -1.93. The SMILES string of the molecule is Nc1nsc(-c2ccc(F)cc2)n1. The Labute approximate surface area is 78.2 Å². The molecule has 0 atom stereocenters. The van der Waals surface area contributed by atoms with E-state index in [2.05, 4.69) is 9.36 Å². The van der Waals surface area contributed by atoms with Gasteiger partial charge in [-0.3, -0.25) is 0 Å². The second kappa shape index (κ2) is 3.10. The summed E-state index contributed by atoms with van der Waals surface area (Å²) in [6, 6.07) is 6.06. The van der Waals surface area contributed by atoms with Crippen molar-refractivity contribution in [3.05, 3.63) is 30.1 Å². The minimum Gasteiger partial charge on any atom is -0.367 e. The van der Waals surface area contributed by atoms with E-state index in [1.165, 1.54) is 23.7 Å². The maximum absolute atomic E-state index is 12.6. The molecule has 0 saturated carbocycles. The number of halogens is 1.